The average Bonchev–Trinajstić information content (AvgIpc) is 2.74. The Kier molecular flexibility index (Phi) is 6.32. The lowest BCUT2D eigenvalue weighted by Crippen LogP contribution is -2.33. The molecule has 1 rings (SSSR count). The molecule has 2 amide bonds. The zero-order valence-corrected chi connectivity index (χ0v) is 11.8. The Labute approximate surface area is 122 Å². The number of carbonyl (C=O) groups is 4. The van der Waals surface area contributed by atoms with Crippen LogP contribution in [0.25, 0.3) is 0 Å². The highest BCUT2D eigenvalue weighted by atomic mass is 16.5. The lowest BCUT2D eigenvalue weighted by atomic mass is 10.3. The molecule has 0 aromatic heterocycles. The maximum absolute atomic E-state index is 11.4. The summed E-state index contributed by atoms with van der Waals surface area (Å²) in [5, 5.41) is 0. The van der Waals surface area contributed by atoms with Crippen molar-refractivity contribution in [3.05, 3.63) is 24.3 Å². The summed E-state index contributed by atoms with van der Waals surface area (Å²) in [7, 11) is 0. The molecule has 0 N–H and O–H groups in total. The quantitative estimate of drug-likeness (QED) is 0.278. The van der Waals surface area contributed by atoms with E-state index in [2.05, 4.69) is 6.58 Å². The third-order valence-corrected chi connectivity index (χ3v) is 2.59. The van der Waals surface area contributed by atoms with E-state index < -0.39 is 23.8 Å². The lowest BCUT2D eigenvalue weighted by Gasteiger charge is -2.13. The summed E-state index contributed by atoms with van der Waals surface area (Å²) in [6.07, 6.45) is 2.75. The van der Waals surface area contributed by atoms with Crippen LogP contribution in [0.5, 0.6) is 0 Å². The molecule has 0 bridgehead atoms. The van der Waals surface area contributed by atoms with Gasteiger partial charge in [0.1, 0.15) is 6.61 Å². The van der Waals surface area contributed by atoms with Crippen molar-refractivity contribution in [2.45, 2.75) is 19.8 Å². The lowest BCUT2D eigenvalue weighted by molar-refractivity contribution is -0.148. The van der Waals surface area contributed by atoms with Crippen LogP contribution in [0.4, 0.5) is 0 Å². The maximum Gasteiger partial charge on any atom is 0.333 e. The van der Waals surface area contributed by atoms with Crippen LogP contribution >= 0.6 is 0 Å². The number of esters is 2. The molecule has 0 aliphatic carbocycles. The number of hydrogen-bond acceptors (Lipinski definition) is 6. The number of hydrogen-bond donors (Lipinski definition) is 0. The van der Waals surface area contributed by atoms with Gasteiger partial charge in [-0.05, 0) is 13.3 Å². The van der Waals surface area contributed by atoms with Crippen LogP contribution in [0.3, 0.4) is 0 Å². The molecular weight excluding hydrogens is 278 g/mol. The van der Waals surface area contributed by atoms with Gasteiger partial charge in [-0.15, -0.1) is 0 Å². The molecule has 1 heterocycles. The predicted octanol–water partition coefficient (Wildman–Crippen LogP) is 0.354. The summed E-state index contributed by atoms with van der Waals surface area (Å²) in [4.78, 5) is 45.8. The van der Waals surface area contributed by atoms with E-state index in [1.165, 1.54) is 19.1 Å². The minimum absolute atomic E-state index is 0.0288. The molecule has 0 aromatic rings. The third-order valence-electron chi connectivity index (χ3n) is 2.59. The summed E-state index contributed by atoms with van der Waals surface area (Å²) in [6.45, 7) is 5.04. The Morgan fingerprint density at radius 2 is 1.76 bits per heavy atom. The normalized spacial score (nSPS) is 13.5. The van der Waals surface area contributed by atoms with Crippen molar-refractivity contribution >= 4 is 23.8 Å². The molecule has 0 aromatic carbocycles. The van der Waals surface area contributed by atoms with Crippen LogP contribution < -0.4 is 0 Å². The van der Waals surface area contributed by atoms with Crippen molar-refractivity contribution in [2.24, 2.45) is 0 Å². The maximum atomic E-state index is 11.4. The van der Waals surface area contributed by atoms with E-state index in [4.69, 9.17) is 9.47 Å². The molecule has 114 valence electrons. The average molecular weight is 295 g/mol. The van der Waals surface area contributed by atoms with Gasteiger partial charge in [-0.2, -0.15) is 0 Å². The molecule has 0 unspecified atom stereocenters. The zero-order valence-electron chi connectivity index (χ0n) is 11.8. The Hall–Kier alpha value is -2.44. The van der Waals surface area contributed by atoms with E-state index in [0.717, 1.165) is 4.90 Å². The van der Waals surface area contributed by atoms with Crippen molar-refractivity contribution in [1.29, 1.82) is 0 Å². The van der Waals surface area contributed by atoms with E-state index >= 15 is 0 Å². The zero-order chi connectivity index (χ0) is 15.8. The Morgan fingerprint density at radius 3 is 2.33 bits per heavy atom. The minimum atomic E-state index is -0.498. The first-order valence-electron chi connectivity index (χ1n) is 6.43. The van der Waals surface area contributed by atoms with Crippen molar-refractivity contribution < 1.29 is 28.7 Å². The second kappa shape index (κ2) is 7.98. The minimum Gasteiger partial charge on any atom is -0.464 e. The fraction of sp³-hybridized carbons (Fsp3) is 0.429. The Bertz CT molecular complexity index is 476. The SMILES string of the molecule is C=C(C)C(=O)OCCCC(=O)OCCN1C(=O)C=CC1=O. The van der Waals surface area contributed by atoms with Gasteiger partial charge in [0.15, 0.2) is 0 Å². The predicted molar refractivity (Wildman–Crippen MR) is 71.8 cm³/mol. The first-order chi connectivity index (χ1) is 9.91. The van der Waals surface area contributed by atoms with Gasteiger partial charge in [-0.25, -0.2) is 4.79 Å². The van der Waals surface area contributed by atoms with Gasteiger partial charge in [0.25, 0.3) is 11.8 Å². The van der Waals surface area contributed by atoms with Gasteiger partial charge in [0.05, 0.1) is 13.2 Å². The highest BCUT2D eigenvalue weighted by Crippen LogP contribution is 2.03. The first-order valence-corrected chi connectivity index (χ1v) is 6.43. The molecule has 7 heteroatoms. The van der Waals surface area contributed by atoms with E-state index in [-0.39, 0.29) is 26.2 Å². The van der Waals surface area contributed by atoms with Crippen molar-refractivity contribution in [3.63, 3.8) is 0 Å². The molecule has 21 heavy (non-hydrogen) atoms. The number of rotatable bonds is 8. The van der Waals surface area contributed by atoms with Crippen LogP contribution in [0.2, 0.25) is 0 Å². The second-order valence-electron chi connectivity index (χ2n) is 4.40. The molecule has 0 radical (unpaired) electrons. The molecule has 7 nitrogen and oxygen atoms in total. The van der Waals surface area contributed by atoms with Crippen LogP contribution in [0, 0.1) is 0 Å². The van der Waals surface area contributed by atoms with E-state index in [1.54, 1.807) is 0 Å². The highest BCUT2D eigenvalue weighted by Gasteiger charge is 2.22. The molecule has 0 saturated heterocycles. The topological polar surface area (TPSA) is 90.0 Å². The first kappa shape index (κ1) is 16.6. The molecule has 1 aliphatic rings. The van der Waals surface area contributed by atoms with Gasteiger partial charge in [-0.1, -0.05) is 6.58 Å². The summed E-state index contributed by atoms with van der Waals surface area (Å²) < 4.78 is 9.70. The molecular formula is C14H17NO6. The standard InChI is InChI=1S/C14H17NO6/c1-10(2)14(19)21-8-3-4-13(18)20-9-7-15-11(16)5-6-12(15)17/h5-6H,1,3-4,7-9H2,2H3. The van der Waals surface area contributed by atoms with Crippen molar-refractivity contribution in [3.8, 4) is 0 Å². The molecule has 0 atom stereocenters. The van der Waals surface area contributed by atoms with Crippen LogP contribution in [-0.4, -0.2) is 48.4 Å². The van der Waals surface area contributed by atoms with Gasteiger partial charge in [0.2, 0.25) is 0 Å². The molecule has 0 spiro atoms. The number of carbonyl (C=O) groups excluding carboxylic acids is 4. The number of ether oxygens (including phenoxy) is 2. The largest absolute Gasteiger partial charge is 0.464 e. The second-order valence-corrected chi connectivity index (χ2v) is 4.40. The van der Waals surface area contributed by atoms with Crippen LogP contribution in [0.1, 0.15) is 19.8 Å². The number of nitrogens with zero attached hydrogens (tertiary/aromatic N) is 1. The molecule has 0 saturated carbocycles. The Morgan fingerprint density at radius 1 is 1.14 bits per heavy atom. The summed E-state index contributed by atoms with van der Waals surface area (Å²) in [6, 6.07) is 0. The smallest absolute Gasteiger partial charge is 0.333 e. The van der Waals surface area contributed by atoms with E-state index in [0.29, 0.717) is 12.0 Å². The molecule has 0 fully saturated rings. The van der Waals surface area contributed by atoms with Gasteiger partial charge in [-0.3, -0.25) is 19.3 Å². The van der Waals surface area contributed by atoms with Gasteiger partial charge < -0.3 is 9.47 Å². The highest BCUT2D eigenvalue weighted by molar-refractivity contribution is 6.12. The van der Waals surface area contributed by atoms with Crippen molar-refractivity contribution in [1.82, 2.24) is 4.90 Å². The van der Waals surface area contributed by atoms with E-state index in [9.17, 15) is 19.2 Å². The van der Waals surface area contributed by atoms with E-state index in [1.807, 2.05) is 0 Å². The Balaban J connectivity index is 2.09. The third kappa shape index (κ3) is 5.60. The van der Waals surface area contributed by atoms with Crippen LogP contribution in [0.15, 0.2) is 24.3 Å². The van der Waals surface area contributed by atoms with Crippen LogP contribution in [-0.2, 0) is 28.7 Å². The summed E-state index contributed by atoms with van der Waals surface area (Å²) in [5.41, 5.74) is 0.297. The summed E-state index contributed by atoms with van der Waals surface area (Å²) in [5.74, 6) is -1.80. The van der Waals surface area contributed by atoms with Crippen molar-refractivity contribution in [2.75, 3.05) is 19.8 Å². The van der Waals surface area contributed by atoms with Gasteiger partial charge >= 0.3 is 11.9 Å². The summed E-state index contributed by atoms with van der Waals surface area (Å²) >= 11 is 0. The molecule has 1 aliphatic heterocycles. The van der Waals surface area contributed by atoms with Gasteiger partial charge in [0, 0.05) is 24.1 Å². The fourth-order valence-electron chi connectivity index (χ4n) is 1.48. The monoisotopic (exact) mass is 295 g/mol. The number of amides is 2. The number of imide groups is 1. The fourth-order valence-corrected chi connectivity index (χ4v) is 1.48.